The molecule has 10 nitrogen and oxygen atoms in total. The Morgan fingerprint density at radius 2 is 1.93 bits per heavy atom. The van der Waals surface area contributed by atoms with E-state index in [2.05, 4.69) is 15.5 Å². The fraction of sp³-hybridized carbons (Fsp3) is 0.0588. The topological polar surface area (TPSA) is 137 Å². The van der Waals surface area contributed by atoms with Gasteiger partial charge < -0.3 is 9.15 Å². The molecule has 0 aliphatic heterocycles. The van der Waals surface area contributed by atoms with Crippen molar-refractivity contribution < 1.29 is 23.7 Å². The normalized spacial score (nSPS) is 10.3. The van der Waals surface area contributed by atoms with E-state index >= 15 is 0 Å². The third-order valence-electron chi connectivity index (χ3n) is 3.41. The van der Waals surface area contributed by atoms with E-state index < -0.39 is 23.4 Å². The lowest BCUT2D eigenvalue weighted by atomic mass is 10.2. The number of nitrogens with one attached hydrogen (secondary N) is 1. The number of anilines is 1. The number of carbonyl (C=O) groups is 2. The van der Waals surface area contributed by atoms with Gasteiger partial charge in [-0.1, -0.05) is 34.9 Å². The third-order valence-corrected chi connectivity index (χ3v) is 3.72. The van der Waals surface area contributed by atoms with Crippen LogP contribution in [-0.4, -0.2) is 33.6 Å². The zero-order chi connectivity index (χ0) is 20.1. The van der Waals surface area contributed by atoms with E-state index in [9.17, 15) is 19.7 Å². The van der Waals surface area contributed by atoms with Crippen LogP contribution < -0.4 is 5.32 Å². The number of non-ortho nitro benzene ring substituents is 1. The second-order valence-corrected chi connectivity index (χ2v) is 5.73. The fourth-order valence-electron chi connectivity index (χ4n) is 2.12. The van der Waals surface area contributed by atoms with Gasteiger partial charge in [-0.25, -0.2) is 4.79 Å². The van der Waals surface area contributed by atoms with Crippen molar-refractivity contribution in [3.8, 4) is 11.5 Å². The van der Waals surface area contributed by atoms with Gasteiger partial charge in [0.05, 0.1) is 15.5 Å². The highest BCUT2D eigenvalue weighted by Gasteiger charge is 2.18. The van der Waals surface area contributed by atoms with E-state index in [1.807, 2.05) is 6.07 Å². The third kappa shape index (κ3) is 4.48. The van der Waals surface area contributed by atoms with Gasteiger partial charge in [-0.05, 0) is 18.2 Å². The molecule has 28 heavy (non-hydrogen) atoms. The van der Waals surface area contributed by atoms with E-state index in [1.165, 1.54) is 0 Å². The molecular formula is C17H11ClN4O6. The number of nitrogens with zero attached hydrogens (tertiary/aromatic N) is 3. The number of hydrogen-bond acceptors (Lipinski definition) is 8. The van der Waals surface area contributed by atoms with E-state index in [0.29, 0.717) is 5.56 Å². The molecule has 0 aliphatic carbocycles. The second-order valence-electron chi connectivity index (χ2n) is 5.32. The summed E-state index contributed by atoms with van der Waals surface area (Å²) < 4.78 is 10.1. The summed E-state index contributed by atoms with van der Waals surface area (Å²) in [6.45, 7) is -0.644. The molecule has 0 aliphatic rings. The van der Waals surface area contributed by atoms with Crippen LogP contribution in [-0.2, 0) is 9.53 Å². The highest BCUT2D eigenvalue weighted by molar-refractivity contribution is 6.33. The van der Waals surface area contributed by atoms with Crippen molar-refractivity contribution in [1.29, 1.82) is 0 Å². The Balaban J connectivity index is 1.57. The first-order chi connectivity index (χ1) is 13.4. The highest BCUT2D eigenvalue weighted by Crippen LogP contribution is 2.23. The van der Waals surface area contributed by atoms with Crippen LogP contribution in [0.4, 0.5) is 11.7 Å². The van der Waals surface area contributed by atoms with Crippen molar-refractivity contribution >= 4 is 35.2 Å². The Kier molecular flexibility index (Phi) is 5.61. The molecule has 0 fully saturated rings. The van der Waals surface area contributed by atoms with Crippen molar-refractivity contribution in [3.63, 3.8) is 0 Å². The first-order valence-electron chi connectivity index (χ1n) is 7.74. The zero-order valence-electron chi connectivity index (χ0n) is 14.0. The molecule has 0 saturated heterocycles. The van der Waals surface area contributed by atoms with E-state index in [4.69, 9.17) is 20.8 Å². The number of rotatable bonds is 6. The number of hydrogen-bond donors (Lipinski definition) is 1. The number of amides is 1. The van der Waals surface area contributed by atoms with Crippen LogP contribution in [0.3, 0.4) is 0 Å². The van der Waals surface area contributed by atoms with Gasteiger partial charge in [0.15, 0.2) is 6.61 Å². The van der Waals surface area contributed by atoms with Crippen molar-refractivity contribution in [1.82, 2.24) is 10.2 Å². The second kappa shape index (κ2) is 8.27. The summed E-state index contributed by atoms with van der Waals surface area (Å²) >= 11 is 5.84. The molecule has 3 rings (SSSR count). The van der Waals surface area contributed by atoms with Crippen LogP contribution in [0.2, 0.25) is 5.02 Å². The first-order valence-corrected chi connectivity index (χ1v) is 8.11. The van der Waals surface area contributed by atoms with Gasteiger partial charge in [0.2, 0.25) is 5.89 Å². The quantitative estimate of drug-likeness (QED) is 0.377. The number of ether oxygens (including phenoxy) is 1. The monoisotopic (exact) mass is 402 g/mol. The molecular weight excluding hydrogens is 392 g/mol. The number of carbonyl (C=O) groups excluding carboxylic acids is 2. The minimum Gasteiger partial charge on any atom is -0.452 e. The Morgan fingerprint density at radius 3 is 2.61 bits per heavy atom. The lowest BCUT2D eigenvalue weighted by Crippen LogP contribution is -2.21. The van der Waals surface area contributed by atoms with Crippen LogP contribution >= 0.6 is 11.6 Å². The maximum absolute atomic E-state index is 12.0. The number of nitro benzene ring substituents is 1. The number of esters is 1. The minimum atomic E-state index is -0.912. The molecule has 0 bridgehead atoms. The molecule has 11 heteroatoms. The van der Waals surface area contributed by atoms with Crippen molar-refractivity contribution in [2.24, 2.45) is 0 Å². The molecule has 142 valence electrons. The van der Waals surface area contributed by atoms with Crippen LogP contribution in [0.1, 0.15) is 10.4 Å². The van der Waals surface area contributed by atoms with E-state index in [-0.39, 0.29) is 28.2 Å². The van der Waals surface area contributed by atoms with Crippen LogP contribution in [0.15, 0.2) is 52.9 Å². The van der Waals surface area contributed by atoms with E-state index in [1.54, 1.807) is 24.3 Å². The summed E-state index contributed by atoms with van der Waals surface area (Å²) in [4.78, 5) is 33.9. The molecule has 3 aromatic rings. The molecule has 1 amide bonds. The van der Waals surface area contributed by atoms with Crippen LogP contribution in [0.5, 0.6) is 0 Å². The molecule has 0 spiro atoms. The summed E-state index contributed by atoms with van der Waals surface area (Å²) in [5.41, 5.74) is 0.295. The maximum atomic E-state index is 12.0. The molecule has 1 N–H and O–H groups in total. The van der Waals surface area contributed by atoms with Crippen molar-refractivity contribution in [2.45, 2.75) is 0 Å². The van der Waals surface area contributed by atoms with Gasteiger partial charge in [-0.2, -0.15) is 0 Å². The summed E-state index contributed by atoms with van der Waals surface area (Å²) in [6.07, 6.45) is 0. The first kappa shape index (κ1) is 19.0. The maximum Gasteiger partial charge on any atom is 0.340 e. The Bertz CT molecular complexity index is 1040. The predicted molar refractivity (Wildman–Crippen MR) is 96.8 cm³/mol. The van der Waals surface area contributed by atoms with Crippen LogP contribution in [0, 0.1) is 10.1 Å². The number of nitro groups is 1. The van der Waals surface area contributed by atoms with Gasteiger partial charge in [0, 0.05) is 17.7 Å². The summed E-state index contributed by atoms with van der Waals surface area (Å²) in [5, 5.41) is 20.3. The summed E-state index contributed by atoms with van der Waals surface area (Å²) in [7, 11) is 0. The Hall–Kier alpha value is -3.79. The highest BCUT2D eigenvalue weighted by atomic mass is 35.5. The average Bonchev–Trinajstić information content (AvgIpc) is 3.15. The zero-order valence-corrected chi connectivity index (χ0v) is 14.8. The standard InChI is InChI=1S/C17H11ClN4O6/c18-13-8-11(22(25)26)6-7-12(13)16(24)27-9-14(23)19-17-21-20-15(28-17)10-4-2-1-3-5-10/h1-8H,9H2,(H,19,21,23). The average molecular weight is 403 g/mol. The molecule has 1 aromatic heterocycles. The predicted octanol–water partition coefficient (Wildman–Crippen LogP) is 3.09. The molecule has 0 radical (unpaired) electrons. The fourth-order valence-corrected chi connectivity index (χ4v) is 2.37. The SMILES string of the molecule is O=C(COC(=O)c1ccc([N+](=O)[O-])cc1Cl)Nc1nnc(-c2ccccc2)o1. The van der Waals surface area contributed by atoms with Crippen molar-refractivity contribution in [3.05, 3.63) is 69.2 Å². The number of halogens is 1. The van der Waals surface area contributed by atoms with Gasteiger partial charge in [-0.3, -0.25) is 20.2 Å². The number of aromatic nitrogens is 2. The molecule has 0 saturated carbocycles. The number of benzene rings is 2. The summed E-state index contributed by atoms with van der Waals surface area (Å²) in [6, 6.07) is 12.0. The molecule has 0 unspecified atom stereocenters. The van der Waals surface area contributed by atoms with Gasteiger partial charge in [0.1, 0.15) is 0 Å². The van der Waals surface area contributed by atoms with Gasteiger partial charge in [0.25, 0.3) is 11.6 Å². The Labute approximate surface area is 162 Å². The minimum absolute atomic E-state index is 0.107. The van der Waals surface area contributed by atoms with E-state index in [0.717, 1.165) is 18.2 Å². The van der Waals surface area contributed by atoms with Gasteiger partial charge >= 0.3 is 12.0 Å². The largest absolute Gasteiger partial charge is 0.452 e. The molecule has 2 aromatic carbocycles. The van der Waals surface area contributed by atoms with Crippen molar-refractivity contribution in [2.75, 3.05) is 11.9 Å². The lowest BCUT2D eigenvalue weighted by Gasteiger charge is -2.05. The Morgan fingerprint density at radius 1 is 1.18 bits per heavy atom. The van der Waals surface area contributed by atoms with Gasteiger partial charge in [-0.15, -0.1) is 5.10 Å². The van der Waals surface area contributed by atoms with Crippen LogP contribution in [0.25, 0.3) is 11.5 Å². The lowest BCUT2D eigenvalue weighted by molar-refractivity contribution is -0.384. The molecule has 1 heterocycles. The smallest absolute Gasteiger partial charge is 0.340 e. The summed E-state index contributed by atoms with van der Waals surface area (Å²) in [5.74, 6) is -1.41. The molecule has 0 atom stereocenters.